The zero-order valence-electron chi connectivity index (χ0n) is 11.0. The highest BCUT2D eigenvalue weighted by Crippen LogP contribution is 2.19. The summed E-state index contributed by atoms with van der Waals surface area (Å²) in [5.74, 6) is 0.744. The highest BCUT2D eigenvalue weighted by Gasteiger charge is 2.20. The maximum atomic E-state index is 12.1. The van der Waals surface area contributed by atoms with E-state index in [1.54, 1.807) is 0 Å². The van der Waals surface area contributed by atoms with E-state index in [-0.39, 0.29) is 11.8 Å². The van der Waals surface area contributed by atoms with E-state index in [9.17, 15) is 4.79 Å². The Kier molecular flexibility index (Phi) is 3.73. The highest BCUT2D eigenvalue weighted by molar-refractivity contribution is 5.92. The van der Waals surface area contributed by atoms with E-state index in [0.717, 1.165) is 37.2 Å². The summed E-state index contributed by atoms with van der Waals surface area (Å²) in [6.07, 6.45) is 3.09. The summed E-state index contributed by atoms with van der Waals surface area (Å²) < 4.78 is 4.71. The molecule has 2 N–H and O–H groups in total. The second-order valence-electron chi connectivity index (χ2n) is 4.85. The molecule has 0 saturated carbocycles. The van der Waals surface area contributed by atoms with Crippen molar-refractivity contribution in [3.8, 4) is 11.4 Å². The van der Waals surface area contributed by atoms with Crippen LogP contribution in [0.15, 0.2) is 35.2 Å². The molecule has 1 aliphatic heterocycles. The summed E-state index contributed by atoms with van der Waals surface area (Å²) in [6.45, 7) is 1.82. The largest absolute Gasteiger partial charge is 0.342 e. The molecule has 2 heterocycles. The number of benzene rings is 1. The lowest BCUT2D eigenvalue weighted by Crippen LogP contribution is -2.34. The van der Waals surface area contributed by atoms with Crippen molar-refractivity contribution in [3.63, 3.8) is 0 Å². The summed E-state index contributed by atoms with van der Waals surface area (Å²) in [5, 5.41) is 9.98. The standard InChI is InChI=1S/C14H16N4O2/c19-14(11-5-7-15-8-6-11)17-12-3-1-10(2-4-12)13-16-9-20-18-13/h1-4,9,11,15H,5-8H2,(H,17,19). The number of carbonyl (C=O) groups is 1. The van der Waals surface area contributed by atoms with Gasteiger partial charge in [0.15, 0.2) is 0 Å². The van der Waals surface area contributed by atoms with Crippen molar-refractivity contribution in [1.82, 2.24) is 15.5 Å². The molecule has 104 valence electrons. The van der Waals surface area contributed by atoms with E-state index in [0.29, 0.717) is 5.82 Å². The minimum atomic E-state index is 0.0961. The van der Waals surface area contributed by atoms with Crippen molar-refractivity contribution < 1.29 is 9.32 Å². The number of anilines is 1. The molecular formula is C14H16N4O2. The Hall–Kier alpha value is -2.21. The van der Waals surface area contributed by atoms with E-state index in [4.69, 9.17) is 4.52 Å². The Morgan fingerprint density at radius 2 is 2.00 bits per heavy atom. The Labute approximate surface area is 116 Å². The molecule has 3 rings (SSSR count). The average molecular weight is 272 g/mol. The molecule has 6 heteroatoms. The Morgan fingerprint density at radius 1 is 1.25 bits per heavy atom. The van der Waals surface area contributed by atoms with Crippen LogP contribution in [0.4, 0.5) is 5.69 Å². The molecule has 2 aromatic rings. The number of hydrogen-bond donors (Lipinski definition) is 2. The van der Waals surface area contributed by atoms with E-state index >= 15 is 0 Å². The monoisotopic (exact) mass is 272 g/mol. The minimum absolute atomic E-state index is 0.0961. The predicted octanol–water partition coefficient (Wildman–Crippen LogP) is 1.67. The lowest BCUT2D eigenvalue weighted by molar-refractivity contribution is -0.120. The highest BCUT2D eigenvalue weighted by atomic mass is 16.5. The minimum Gasteiger partial charge on any atom is -0.342 e. The van der Waals surface area contributed by atoms with E-state index in [2.05, 4.69) is 20.8 Å². The first kappa shape index (κ1) is 12.8. The molecule has 6 nitrogen and oxygen atoms in total. The number of amides is 1. The molecule has 1 aliphatic rings. The number of nitrogens with one attached hydrogen (secondary N) is 2. The van der Waals surface area contributed by atoms with Crippen LogP contribution in [0.5, 0.6) is 0 Å². The van der Waals surface area contributed by atoms with Crippen LogP contribution in [0.25, 0.3) is 11.4 Å². The average Bonchev–Trinajstić information content (AvgIpc) is 3.03. The molecule has 1 aromatic carbocycles. The summed E-state index contributed by atoms with van der Waals surface area (Å²) in [7, 11) is 0. The van der Waals surface area contributed by atoms with Crippen LogP contribution < -0.4 is 10.6 Å². The molecule has 0 aliphatic carbocycles. The topological polar surface area (TPSA) is 80.1 Å². The second kappa shape index (κ2) is 5.83. The van der Waals surface area contributed by atoms with Gasteiger partial charge in [0.1, 0.15) is 0 Å². The zero-order valence-corrected chi connectivity index (χ0v) is 11.0. The predicted molar refractivity (Wildman–Crippen MR) is 74.0 cm³/mol. The molecule has 0 radical (unpaired) electrons. The van der Waals surface area contributed by atoms with Gasteiger partial charge < -0.3 is 15.2 Å². The zero-order chi connectivity index (χ0) is 13.8. The molecule has 20 heavy (non-hydrogen) atoms. The van der Waals surface area contributed by atoms with Crippen LogP contribution >= 0.6 is 0 Å². The smallest absolute Gasteiger partial charge is 0.227 e. The van der Waals surface area contributed by atoms with Gasteiger partial charge in [0.2, 0.25) is 18.1 Å². The van der Waals surface area contributed by atoms with Gasteiger partial charge in [-0.3, -0.25) is 4.79 Å². The summed E-state index contributed by atoms with van der Waals surface area (Å²) >= 11 is 0. The first-order valence-electron chi connectivity index (χ1n) is 6.71. The molecule has 1 saturated heterocycles. The number of aromatic nitrogens is 2. The third-order valence-electron chi connectivity index (χ3n) is 3.48. The van der Waals surface area contributed by atoms with Gasteiger partial charge in [-0.05, 0) is 50.2 Å². The number of piperidine rings is 1. The van der Waals surface area contributed by atoms with Crippen LogP contribution in [0.1, 0.15) is 12.8 Å². The Balaban J connectivity index is 1.64. The van der Waals surface area contributed by atoms with Crippen molar-refractivity contribution in [3.05, 3.63) is 30.7 Å². The Morgan fingerprint density at radius 3 is 2.65 bits per heavy atom. The van der Waals surface area contributed by atoms with Crippen molar-refractivity contribution in [1.29, 1.82) is 0 Å². The number of rotatable bonds is 3. The maximum Gasteiger partial charge on any atom is 0.227 e. The second-order valence-corrected chi connectivity index (χ2v) is 4.85. The van der Waals surface area contributed by atoms with Gasteiger partial charge in [0, 0.05) is 17.2 Å². The fourth-order valence-corrected chi connectivity index (χ4v) is 2.33. The molecule has 0 unspecified atom stereocenters. The van der Waals surface area contributed by atoms with Crippen LogP contribution in [-0.2, 0) is 4.79 Å². The first-order chi connectivity index (χ1) is 9.83. The van der Waals surface area contributed by atoms with E-state index < -0.39 is 0 Å². The van der Waals surface area contributed by atoms with Crippen LogP contribution in [0.2, 0.25) is 0 Å². The maximum absolute atomic E-state index is 12.1. The number of hydrogen-bond acceptors (Lipinski definition) is 5. The third-order valence-corrected chi connectivity index (χ3v) is 3.48. The van der Waals surface area contributed by atoms with E-state index in [1.165, 1.54) is 6.39 Å². The molecule has 0 bridgehead atoms. The summed E-state index contributed by atoms with van der Waals surface area (Å²) in [4.78, 5) is 16.1. The number of carbonyl (C=O) groups excluding carboxylic acids is 1. The molecule has 0 spiro atoms. The van der Waals surface area contributed by atoms with Gasteiger partial charge in [-0.25, -0.2) is 0 Å². The van der Waals surface area contributed by atoms with Crippen molar-refractivity contribution >= 4 is 11.6 Å². The normalized spacial score (nSPS) is 16.0. The van der Waals surface area contributed by atoms with Crippen LogP contribution in [0.3, 0.4) is 0 Å². The first-order valence-corrected chi connectivity index (χ1v) is 6.71. The molecule has 0 atom stereocenters. The van der Waals surface area contributed by atoms with Gasteiger partial charge in [0.05, 0.1) is 0 Å². The molecule has 1 aromatic heterocycles. The SMILES string of the molecule is O=C(Nc1ccc(-c2ncon2)cc1)C1CCNCC1. The Bertz CT molecular complexity index is 559. The molecular weight excluding hydrogens is 256 g/mol. The number of nitrogens with zero attached hydrogens (tertiary/aromatic N) is 2. The van der Waals surface area contributed by atoms with Gasteiger partial charge >= 0.3 is 0 Å². The van der Waals surface area contributed by atoms with E-state index in [1.807, 2.05) is 24.3 Å². The summed E-state index contributed by atoms with van der Waals surface area (Å²) in [5.41, 5.74) is 1.65. The molecule has 1 fully saturated rings. The van der Waals surface area contributed by atoms with Crippen LogP contribution in [0, 0.1) is 5.92 Å². The fraction of sp³-hybridized carbons (Fsp3) is 0.357. The lowest BCUT2D eigenvalue weighted by atomic mass is 9.97. The summed E-state index contributed by atoms with van der Waals surface area (Å²) in [6, 6.07) is 7.43. The van der Waals surface area contributed by atoms with Crippen molar-refractivity contribution in [2.45, 2.75) is 12.8 Å². The van der Waals surface area contributed by atoms with Gasteiger partial charge in [-0.2, -0.15) is 4.98 Å². The van der Waals surface area contributed by atoms with Crippen molar-refractivity contribution in [2.24, 2.45) is 5.92 Å². The fourth-order valence-electron chi connectivity index (χ4n) is 2.33. The van der Waals surface area contributed by atoms with Gasteiger partial charge in [0.25, 0.3) is 0 Å². The molecule has 1 amide bonds. The quantitative estimate of drug-likeness (QED) is 0.888. The third kappa shape index (κ3) is 2.85. The van der Waals surface area contributed by atoms with Crippen molar-refractivity contribution in [2.75, 3.05) is 18.4 Å². The van der Waals surface area contributed by atoms with Gasteiger partial charge in [-0.1, -0.05) is 5.16 Å². The van der Waals surface area contributed by atoms with Gasteiger partial charge in [-0.15, -0.1) is 0 Å². The lowest BCUT2D eigenvalue weighted by Gasteiger charge is -2.21. The van der Waals surface area contributed by atoms with Crippen LogP contribution in [-0.4, -0.2) is 29.1 Å².